The normalized spacial score (nSPS) is 9.90. The highest BCUT2D eigenvalue weighted by molar-refractivity contribution is 6.00. The van der Waals surface area contributed by atoms with Crippen LogP contribution < -0.4 is 10.2 Å². The predicted octanol–water partition coefficient (Wildman–Crippen LogP) is 12.8. The maximum Gasteiger partial charge on any atom is 0.294 e. The molecule has 0 aliphatic carbocycles. The molecule has 28 heteroatoms. The molecule has 0 unspecified atom stereocenters. The van der Waals surface area contributed by atoms with Gasteiger partial charge in [-0.2, -0.15) is 5.10 Å². The molecule has 0 fully saturated rings. The molecule has 1 N–H and O–H groups in total. The average molecular weight is 904 g/mol. The van der Waals surface area contributed by atoms with Crippen molar-refractivity contribution in [2.24, 2.45) is 0 Å². The van der Waals surface area contributed by atoms with Gasteiger partial charge in [0.1, 0.15) is 5.69 Å². The topological polar surface area (TPSA) is 110 Å². The van der Waals surface area contributed by atoms with Gasteiger partial charge in [0.25, 0.3) is 5.69 Å². The third-order valence-corrected chi connectivity index (χ3v) is 8.20. The Morgan fingerprint density at radius 3 is 1.97 bits per heavy atom. The van der Waals surface area contributed by atoms with Gasteiger partial charge in [-0.1, -0.05) is 18.2 Å². The van der Waals surface area contributed by atoms with Gasteiger partial charge in [0.05, 0.1) is 28.0 Å². The first-order valence-electron chi connectivity index (χ1n) is 15.8. The molecule has 1 aliphatic heterocycles. The fourth-order valence-corrected chi connectivity index (χ4v) is 5.84. The molecule has 0 saturated heterocycles. The molecule has 11 nitrogen and oxygen atoms in total. The number of nitrogens with one attached hydrogen (secondary N) is 1. The van der Waals surface area contributed by atoms with Crippen molar-refractivity contribution in [3.05, 3.63) is 76.4 Å². The molecule has 0 amide bonds. The van der Waals surface area contributed by atoms with Gasteiger partial charge in [-0.15, -0.1) is 0 Å². The van der Waals surface area contributed by atoms with Crippen molar-refractivity contribution in [1.29, 1.82) is 0 Å². The summed E-state index contributed by atoms with van der Waals surface area (Å²) >= 11 is 0. The van der Waals surface area contributed by atoms with E-state index in [1.54, 1.807) is 6.07 Å². The van der Waals surface area contributed by atoms with Crippen molar-refractivity contribution in [1.82, 2.24) is 29.2 Å². The minimum atomic E-state index is -0.333. The lowest BCUT2D eigenvalue weighted by molar-refractivity contribution is -0.384. The van der Waals surface area contributed by atoms with E-state index in [1.165, 1.54) is 11.1 Å². The van der Waals surface area contributed by atoms with E-state index in [0.717, 1.165) is 65.8 Å². The summed E-state index contributed by atoms with van der Waals surface area (Å²) in [6, 6.07) is 9.92. The van der Waals surface area contributed by atoms with E-state index in [1.807, 2.05) is 62.3 Å². The van der Waals surface area contributed by atoms with Gasteiger partial charge in [0.2, 0.25) is 5.95 Å². The number of rotatable bonds is 10. The molecule has 0 saturated carbocycles. The van der Waals surface area contributed by atoms with E-state index in [0.29, 0.717) is 23.9 Å². The van der Waals surface area contributed by atoms with Gasteiger partial charge >= 0.3 is 0 Å². The van der Waals surface area contributed by atoms with E-state index < -0.39 is 0 Å². The number of likely N-dealkylation sites (N-methyl/N-ethyl adjacent to an activating group) is 2. The Labute approximate surface area is 329 Å². The Bertz CT molecular complexity index is 1870. The van der Waals surface area contributed by atoms with Crippen LogP contribution in [0.3, 0.4) is 0 Å². The fraction of sp³-hybridized carbons (Fsp3) is 0.344. The predicted molar refractivity (Wildman–Crippen MR) is 191 cm³/mol. The summed E-state index contributed by atoms with van der Waals surface area (Å²) in [7, 11) is 5.85. The smallest absolute Gasteiger partial charge is 0.294 e. The standard InChI is InChI=1S/C32H37N9O2.8F2.FH/c1-6-40-19-23(17-34-40)25-18-33-32(36-30(25)26-20-39-12-8-10-22-9-7-11-24(26)31(22)39)35-27-16-29(41(42)43)28(15-21(27)2)38(5)14-13-37(3)4;8*1-2;/h7,9,11,15-20H,6,8,10,12-14H2,1-5H3,(H,33,35,36);;;;;;;;;1H. The third-order valence-electron chi connectivity index (χ3n) is 8.20. The van der Waals surface area contributed by atoms with Crippen LogP contribution >= 0.6 is 0 Å². The molecule has 0 atom stereocenters. The van der Waals surface area contributed by atoms with Crippen molar-refractivity contribution >= 4 is 33.9 Å². The molecule has 6 rings (SSSR count). The Morgan fingerprint density at radius 2 is 1.43 bits per heavy atom. The van der Waals surface area contributed by atoms with Crippen molar-refractivity contribution in [2.75, 3.05) is 44.4 Å². The summed E-state index contributed by atoms with van der Waals surface area (Å²) in [5.41, 5.74) is 8.32. The number of para-hydroxylation sites is 1. The number of aryl methyl sites for hydroxylation is 4. The fourth-order valence-electron chi connectivity index (χ4n) is 5.84. The lowest BCUT2D eigenvalue weighted by atomic mass is 9.99. The van der Waals surface area contributed by atoms with Gasteiger partial charge < -0.3 is 19.7 Å². The number of benzene rings is 2. The number of hydrogen-bond donors (Lipinski definition) is 1. The van der Waals surface area contributed by atoms with Crippen molar-refractivity contribution in [3.63, 3.8) is 0 Å². The SMILES string of the molecule is CCn1cc(-c2cnc(Nc3cc([N+](=O)[O-])c(N(C)CCN(C)C)cc3C)nc2-c2cn3c4c(cccc24)CCC3)cn1.F.FF.FF.FF.FF.FF.FF.FF.FF. The van der Waals surface area contributed by atoms with Gasteiger partial charge in [-0.3, -0.25) is 19.5 Å². The quantitative estimate of drug-likeness (QED) is 0.0838. The Morgan fingerprint density at radius 1 is 0.833 bits per heavy atom. The Balaban J connectivity index is -0.000000829. The summed E-state index contributed by atoms with van der Waals surface area (Å²) in [5, 5.41) is 21.1. The summed E-state index contributed by atoms with van der Waals surface area (Å²) < 4.78 is 132. The Kier molecular flexibility index (Phi) is 35.4. The minimum absolute atomic E-state index is 0. The molecular weight excluding hydrogens is 865 g/mol. The van der Waals surface area contributed by atoms with E-state index in [2.05, 4.69) is 56.2 Å². The second-order valence-electron chi connectivity index (χ2n) is 11.5. The molecule has 0 radical (unpaired) electrons. The first-order chi connectivity index (χ1) is 28.7. The summed E-state index contributed by atoms with van der Waals surface area (Å²) in [6.45, 7) is 7.16. The zero-order valence-electron chi connectivity index (χ0n) is 31.8. The van der Waals surface area contributed by atoms with Crippen LogP contribution in [-0.2, 0) is 19.5 Å². The number of hydrogen-bond acceptors (Lipinski definition) is 8. The molecule has 1 aliphatic rings. The van der Waals surface area contributed by atoms with Crippen LogP contribution in [0.2, 0.25) is 0 Å². The highest BCUT2D eigenvalue weighted by atomic mass is 20.0. The van der Waals surface area contributed by atoms with Crippen LogP contribution in [0, 0.1) is 17.0 Å². The maximum absolute atomic E-state index is 12.1. The van der Waals surface area contributed by atoms with E-state index in [4.69, 9.17) is 78.2 Å². The van der Waals surface area contributed by atoms with Gasteiger partial charge in [-0.25, -0.2) is 9.97 Å². The van der Waals surface area contributed by atoms with E-state index in [9.17, 15) is 10.1 Å². The molecule has 0 spiro atoms. The number of halogens is 17. The zero-order valence-corrected chi connectivity index (χ0v) is 31.8. The lowest BCUT2D eigenvalue weighted by Crippen LogP contribution is -2.29. The highest BCUT2D eigenvalue weighted by Gasteiger charge is 2.23. The molecule has 342 valence electrons. The van der Waals surface area contributed by atoms with Crippen LogP contribution in [0.25, 0.3) is 33.3 Å². The monoisotopic (exact) mass is 903 g/mol. The summed E-state index contributed by atoms with van der Waals surface area (Å²) in [5.74, 6) is 0.375. The second kappa shape index (κ2) is 35.0. The molecular formula is C32H38F17N9O2. The molecule has 2 aromatic carbocycles. The number of aromatic nitrogens is 5. The zero-order chi connectivity index (χ0) is 46.2. The van der Waals surface area contributed by atoms with Crippen LogP contribution in [-0.4, -0.2) is 68.4 Å². The first-order valence-corrected chi connectivity index (χ1v) is 15.8. The van der Waals surface area contributed by atoms with Crippen molar-refractivity contribution in [2.45, 2.75) is 39.8 Å². The van der Waals surface area contributed by atoms with Crippen LogP contribution in [0.4, 0.5) is 101 Å². The minimum Gasteiger partial charge on any atom is -0.368 e. The average Bonchev–Trinajstić information content (AvgIpc) is 3.95. The van der Waals surface area contributed by atoms with Gasteiger partial charge in [0.15, 0.2) is 0 Å². The Hall–Kier alpha value is -5.96. The number of nitro groups is 1. The molecule has 4 heterocycles. The largest absolute Gasteiger partial charge is 0.368 e. The summed E-state index contributed by atoms with van der Waals surface area (Å²) in [6.07, 6.45) is 10.0. The lowest BCUT2D eigenvalue weighted by Gasteiger charge is -2.22. The van der Waals surface area contributed by atoms with Crippen LogP contribution in [0.1, 0.15) is 24.5 Å². The number of anilines is 3. The molecule has 60 heavy (non-hydrogen) atoms. The number of nitrogens with zero attached hydrogens (tertiary/aromatic N) is 8. The first kappa shape index (κ1) is 60.7. The van der Waals surface area contributed by atoms with Crippen molar-refractivity contribution in [3.8, 4) is 22.4 Å². The van der Waals surface area contributed by atoms with Gasteiger partial charge in [-0.05, 0) is 58.0 Å². The van der Waals surface area contributed by atoms with Crippen LogP contribution in [0.5, 0.6) is 0 Å². The van der Waals surface area contributed by atoms with E-state index in [-0.39, 0.29) is 15.3 Å². The van der Waals surface area contributed by atoms with E-state index >= 15 is 0 Å². The summed E-state index contributed by atoms with van der Waals surface area (Å²) in [4.78, 5) is 25.5. The molecule has 3 aromatic heterocycles. The van der Waals surface area contributed by atoms with Crippen LogP contribution in [0.15, 0.2) is 55.1 Å². The molecule has 0 bridgehead atoms. The van der Waals surface area contributed by atoms with Gasteiger partial charge in [0, 0.05) is 153 Å². The number of nitro benzene ring substituents is 1. The molecule has 5 aromatic rings. The maximum atomic E-state index is 12.1. The second-order valence-corrected chi connectivity index (χ2v) is 11.5. The van der Waals surface area contributed by atoms with Crippen molar-refractivity contribution < 1.29 is 82.8 Å². The highest BCUT2D eigenvalue weighted by Crippen LogP contribution is 2.40. The third kappa shape index (κ3) is 16.4.